The molecule has 4 heteroatoms. The van der Waals surface area contributed by atoms with E-state index in [9.17, 15) is 4.79 Å². The molecule has 1 aliphatic heterocycles. The molecule has 2 aromatic carbocycles. The Labute approximate surface area is 146 Å². The second-order valence-electron chi connectivity index (χ2n) is 6.21. The third-order valence-electron chi connectivity index (χ3n) is 4.53. The van der Waals surface area contributed by atoms with Crippen LogP contribution in [0.3, 0.4) is 0 Å². The van der Waals surface area contributed by atoms with Gasteiger partial charge in [0.25, 0.3) is 0 Å². The Morgan fingerprint density at radius 1 is 1.12 bits per heavy atom. The first-order valence-corrected chi connectivity index (χ1v) is 9.35. The lowest BCUT2D eigenvalue weighted by Gasteiger charge is -2.29. The van der Waals surface area contributed by atoms with Crippen molar-refractivity contribution in [2.45, 2.75) is 32.1 Å². The van der Waals surface area contributed by atoms with Gasteiger partial charge in [-0.1, -0.05) is 30.3 Å². The topological polar surface area (TPSA) is 33.2 Å². The number of fused-ring (bicyclic) bond motifs is 2. The van der Waals surface area contributed by atoms with E-state index in [0.717, 1.165) is 48.4 Å². The van der Waals surface area contributed by atoms with E-state index in [2.05, 4.69) is 29.2 Å². The van der Waals surface area contributed by atoms with E-state index in [4.69, 9.17) is 0 Å². The Hall–Kier alpha value is -2.20. The first-order valence-electron chi connectivity index (χ1n) is 8.54. The van der Waals surface area contributed by atoms with Crippen LogP contribution in [0, 0.1) is 0 Å². The molecule has 4 rings (SSSR count). The summed E-state index contributed by atoms with van der Waals surface area (Å²) in [6.45, 7) is 0.844. The number of amides is 1. The van der Waals surface area contributed by atoms with E-state index >= 15 is 0 Å². The highest BCUT2D eigenvalue weighted by Crippen LogP contribution is 2.28. The summed E-state index contributed by atoms with van der Waals surface area (Å²) < 4.78 is 1.23. The zero-order valence-electron chi connectivity index (χ0n) is 13.6. The van der Waals surface area contributed by atoms with Gasteiger partial charge in [-0.25, -0.2) is 4.98 Å². The standard InChI is InChI=1S/C20H20N2OS/c23-20(22-14-6-8-15-7-1-3-10-17(15)22)13-5-12-19-21-16-9-2-4-11-18(16)24-19/h1-4,7,9-11H,5-6,8,12-14H2. The van der Waals surface area contributed by atoms with Crippen LogP contribution in [0.2, 0.25) is 0 Å². The van der Waals surface area contributed by atoms with E-state index in [1.165, 1.54) is 10.3 Å². The first kappa shape index (κ1) is 15.3. The summed E-state index contributed by atoms with van der Waals surface area (Å²) in [5, 5.41) is 1.13. The van der Waals surface area contributed by atoms with Crippen molar-refractivity contribution in [1.82, 2.24) is 4.98 Å². The largest absolute Gasteiger partial charge is 0.312 e. The van der Waals surface area contributed by atoms with Crippen molar-refractivity contribution < 1.29 is 4.79 Å². The number of hydrogen-bond donors (Lipinski definition) is 0. The minimum Gasteiger partial charge on any atom is -0.312 e. The smallest absolute Gasteiger partial charge is 0.226 e. The molecule has 1 amide bonds. The molecule has 0 bridgehead atoms. The molecule has 0 aliphatic carbocycles. The maximum atomic E-state index is 12.6. The van der Waals surface area contributed by atoms with Crippen LogP contribution in [0.15, 0.2) is 48.5 Å². The lowest BCUT2D eigenvalue weighted by Crippen LogP contribution is -2.35. The fourth-order valence-corrected chi connectivity index (χ4v) is 4.35. The summed E-state index contributed by atoms with van der Waals surface area (Å²) in [5.74, 6) is 0.239. The monoisotopic (exact) mass is 336 g/mol. The molecule has 3 aromatic rings. The fraction of sp³-hybridized carbons (Fsp3) is 0.300. The highest BCUT2D eigenvalue weighted by atomic mass is 32.1. The molecule has 0 radical (unpaired) electrons. The Kier molecular flexibility index (Phi) is 4.30. The van der Waals surface area contributed by atoms with Gasteiger partial charge in [-0.15, -0.1) is 11.3 Å². The maximum absolute atomic E-state index is 12.6. The van der Waals surface area contributed by atoms with Crippen molar-refractivity contribution in [2.24, 2.45) is 0 Å². The van der Waals surface area contributed by atoms with Crippen molar-refractivity contribution in [3.63, 3.8) is 0 Å². The molecule has 1 aliphatic rings. The number of thiazole rings is 1. The third kappa shape index (κ3) is 3.06. The first-order chi connectivity index (χ1) is 11.8. The minimum atomic E-state index is 0.239. The highest BCUT2D eigenvalue weighted by Gasteiger charge is 2.21. The molecule has 0 atom stereocenters. The number of carbonyl (C=O) groups excluding carboxylic acids is 1. The molecule has 3 nitrogen and oxygen atoms in total. The minimum absolute atomic E-state index is 0.239. The molecule has 24 heavy (non-hydrogen) atoms. The molecular formula is C20H20N2OS. The van der Waals surface area contributed by atoms with E-state index < -0.39 is 0 Å². The second-order valence-corrected chi connectivity index (χ2v) is 7.32. The van der Waals surface area contributed by atoms with Gasteiger partial charge in [0.1, 0.15) is 0 Å². The number of carbonyl (C=O) groups is 1. The zero-order valence-corrected chi connectivity index (χ0v) is 14.4. The van der Waals surface area contributed by atoms with E-state index in [1.54, 1.807) is 11.3 Å². The van der Waals surface area contributed by atoms with Crippen LogP contribution in [-0.2, 0) is 17.6 Å². The predicted molar refractivity (Wildman–Crippen MR) is 99.7 cm³/mol. The van der Waals surface area contributed by atoms with Crippen molar-refractivity contribution in [1.29, 1.82) is 0 Å². The number of benzene rings is 2. The highest BCUT2D eigenvalue weighted by molar-refractivity contribution is 7.18. The van der Waals surface area contributed by atoms with Crippen LogP contribution < -0.4 is 4.90 Å². The van der Waals surface area contributed by atoms with E-state index in [1.807, 2.05) is 29.2 Å². The summed E-state index contributed by atoms with van der Waals surface area (Å²) in [4.78, 5) is 19.3. The van der Waals surface area contributed by atoms with Gasteiger partial charge in [0.15, 0.2) is 0 Å². The fourth-order valence-electron chi connectivity index (χ4n) is 3.35. The molecule has 0 unspecified atom stereocenters. The summed E-state index contributed by atoms with van der Waals surface area (Å²) in [5.41, 5.74) is 3.46. The number of hydrogen-bond acceptors (Lipinski definition) is 3. The molecule has 0 spiro atoms. The van der Waals surface area contributed by atoms with Gasteiger partial charge in [-0.2, -0.15) is 0 Å². The Morgan fingerprint density at radius 3 is 2.88 bits per heavy atom. The van der Waals surface area contributed by atoms with Crippen molar-refractivity contribution >= 4 is 33.1 Å². The molecule has 0 N–H and O–H groups in total. The van der Waals surface area contributed by atoms with Gasteiger partial charge in [0, 0.05) is 18.7 Å². The zero-order chi connectivity index (χ0) is 16.4. The number of rotatable bonds is 4. The lowest BCUT2D eigenvalue weighted by atomic mass is 10.0. The van der Waals surface area contributed by atoms with Crippen molar-refractivity contribution in [3.05, 3.63) is 59.1 Å². The predicted octanol–water partition coefficient (Wildman–Crippen LogP) is 4.60. The normalized spacial score (nSPS) is 13.9. The van der Waals surface area contributed by atoms with E-state index in [0.29, 0.717) is 6.42 Å². The average Bonchev–Trinajstić information content (AvgIpc) is 3.04. The second kappa shape index (κ2) is 6.73. The molecule has 122 valence electrons. The van der Waals surface area contributed by atoms with Gasteiger partial charge in [0.05, 0.1) is 15.2 Å². The van der Waals surface area contributed by atoms with E-state index in [-0.39, 0.29) is 5.91 Å². The molecule has 1 aromatic heterocycles. The Morgan fingerprint density at radius 2 is 1.96 bits per heavy atom. The van der Waals surface area contributed by atoms with Crippen LogP contribution in [0.5, 0.6) is 0 Å². The van der Waals surface area contributed by atoms with Crippen molar-refractivity contribution in [3.8, 4) is 0 Å². The summed E-state index contributed by atoms with van der Waals surface area (Å²) in [7, 11) is 0. The summed E-state index contributed by atoms with van der Waals surface area (Å²) in [6, 6.07) is 16.5. The Balaban J connectivity index is 1.39. The van der Waals surface area contributed by atoms with Gasteiger partial charge >= 0.3 is 0 Å². The van der Waals surface area contributed by atoms with Crippen LogP contribution >= 0.6 is 11.3 Å². The molecule has 0 saturated carbocycles. The number of anilines is 1. The van der Waals surface area contributed by atoms with Gasteiger partial charge < -0.3 is 4.90 Å². The van der Waals surface area contributed by atoms with Gasteiger partial charge in [-0.05, 0) is 49.4 Å². The quantitative estimate of drug-likeness (QED) is 0.698. The summed E-state index contributed by atoms with van der Waals surface area (Å²) in [6.07, 6.45) is 4.45. The number of para-hydroxylation sites is 2. The van der Waals surface area contributed by atoms with Gasteiger partial charge in [-0.3, -0.25) is 4.79 Å². The van der Waals surface area contributed by atoms with Crippen molar-refractivity contribution in [2.75, 3.05) is 11.4 Å². The van der Waals surface area contributed by atoms with Crippen LogP contribution in [0.1, 0.15) is 29.8 Å². The third-order valence-corrected chi connectivity index (χ3v) is 5.63. The number of aryl methyl sites for hydroxylation is 2. The summed E-state index contributed by atoms with van der Waals surface area (Å²) >= 11 is 1.74. The number of aromatic nitrogens is 1. The van der Waals surface area contributed by atoms with Crippen LogP contribution in [0.4, 0.5) is 5.69 Å². The maximum Gasteiger partial charge on any atom is 0.226 e. The average molecular weight is 336 g/mol. The molecule has 2 heterocycles. The molecule has 0 saturated heterocycles. The number of nitrogens with zero attached hydrogens (tertiary/aromatic N) is 2. The van der Waals surface area contributed by atoms with Crippen LogP contribution in [0.25, 0.3) is 10.2 Å². The molecular weight excluding hydrogens is 316 g/mol. The Bertz CT molecular complexity index is 838. The molecule has 0 fully saturated rings. The van der Waals surface area contributed by atoms with Gasteiger partial charge in [0.2, 0.25) is 5.91 Å². The lowest BCUT2D eigenvalue weighted by molar-refractivity contribution is -0.118. The van der Waals surface area contributed by atoms with Crippen LogP contribution in [-0.4, -0.2) is 17.4 Å². The SMILES string of the molecule is O=C(CCCc1nc2ccccc2s1)N1CCCc2ccccc21.